The van der Waals surface area contributed by atoms with Gasteiger partial charge in [-0.25, -0.2) is 12.8 Å². The van der Waals surface area contributed by atoms with Gasteiger partial charge in [-0.15, -0.1) is 0 Å². The van der Waals surface area contributed by atoms with Crippen molar-refractivity contribution in [1.82, 2.24) is 14.4 Å². The summed E-state index contributed by atoms with van der Waals surface area (Å²) in [5.41, 5.74) is 1.40. The summed E-state index contributed by atoms with van der Waals surface area (Å²) in [4.78, 5) is 4.48. The quantitative estimate of drug-likeness (QED) is 0.625. The fourth-order valence-electron chi connectivity index (χ4n) is 3.23. The Bertz CT molecular complexity index is 1120. The number of hydrogen-bond acceptors (Lipinski definition) is 5. The maximum atomic E-state index is 13.1. The molecule has 4 rings (SSSR count). The Hall–Kier alpha value is -2.29. The Kier molecular flexibility index (Phi) is 4.95. The molecule has 1 saturated heterocycles. The van der Waals surface area contributed by atoms with Crippen molar-refractivity contribution in [1.29, 1.82) is 0 Å². The van der Waals surface area contributed by atoms with Gasteiger partial charge in [0.05, 0.1) is 4.90 Å². The highest BCUT2D eigenvalue weighted by atomic mass is 35.5. The molecule has 0 aliphatic carbocycles. The molecule has 0 radical (unpaired) electrons. The summed E-state index contributed by atoms with van der Waals surface area (Å²) in [6.45, 7) is 2.17. The first-order valence-corrected chi connectivity index (χ1v) is 10.6. The summed E-state index contributed by atoms with van der Waals surface area (Å²) >= 11 is 6.11. The van der Waals surface area contributed by atoms with Crippen molar-refractivity contribution in [2.24, 2.45) is 0 Å². The van der Waals surface area contributed by atoms with Crippen LogP contribution in [0.15, 0.2) is 51.9 Å². The summed E-state index contributed by atoms with van der Waals surface area (Å²) in [6.07, 6.45) is 1.25. The van der Waals surface area contributed by atoms with E-state index in [-0.39, 0.29) is 22.4 Å². The first kappa shape index (κ1) is 19.0. The fourth-order valence-corrected chi connectivity index (χ4v) is 5.15. The molecule has 1 fully saturated rings. The topological polar surface area (TPSA) is 76.3 Å². The second kappa shape index (κ2) is 7.27. The Morgan fingerprint density at radius 2 is 1.96 bits per heavy atom. The lowest BCUT2D eigenvalue weighted by atomic mass is 10.2. The van der Waals surface area contributed by atoms with E-state index in [1.165, 1.54) is 22.5 Å². The molecule has 0 amide bonds. The number of halogens is 2. The number of hydrogen-bond donors (Lipinski definition) is 0. The van der Waals surface area contributed by atoms with E-state index >= 15 is 0 Å². The fraction of sp³-hybridized carbons (Fsp3) is 0.263. The highest BCUT2D eigenvalue weighted by molar-refractivity contribution is 7.89. The van der Waals surface area contributed by atoms with Crippen LogP contribution in [0.25, 0.3) is 11.4 Å². The van der Waals surface area contributed by atoms with Crippen molar-refractivity contribution >= 4 is 21.6 Å². The van der Waals surface area contributed by atoms with Gasteiger partial charge >= 0.3 is 0 Å². The SMILES string of the molecule is Cc1ccc(S(=O)(=O)N2CCCC2c2nc(-c3ccc(F)cc3)no2)cc1Cl. The molecular formula is C19H17ClFN3O3S. The number of rotatable bonds is 4. The van der Waals surface area contributed by atoms with Gasteiger partial charge < -0.3 is 4.52 Å². The lowest BCUT2D eigenvalue weighted by Gasteiger charge is -2.21. The third-order valence-corrected chi connectivity index (χ3v) is 7.09. The summed E-state index contributed by atoms with van der Waals surface area (Å²) in [6, 6.07) is 9.83. The molecule has 2 heterocycles. The molecule has 146 valence electrons. The van der Waals surface area contributed by atoms with Crippen LogP contribution >= 0.6 is 11.6 Å². The van der Waals surface area contributed by atoms with E-state index in [0.717, 1.165) is 5.56 Å². The molecule has 0 spiro atoms. The predicted molar refractivity (Wildman–Crippen MR) is 102 cm³/mol. The lowest BCUT2D eigenvalue weighted by Crippen LogP contribution is -2.30. The number of aryl methyl sites for hydroxylation is 1. The van der Waals surface area contributed by atoms with E-state index in [4.69, 9.17) is 16.1 Å². The zero-order valence-electron chi connectivity index (χ0n) is 15.0. The second-order valence-electron chi connectivity index (χ2n) is 6.65. The third kappa shape index (κ3) is 3.43. The molecule has 2 aromatic carbocycles. The van der Waals surface area contributed by atoms with Gasteiger partial charge in [0.25, 0.3) is 0 Å². The van der Waals surface area contributed by atoms with E-state index in [1.807, 2.05) is 6.92 Å². The van der Waals surface area contributed by atoms with Gasteiger partial charge in [0.1, 0.15) is 11.9 Å². The van der Waals surface area contributed by atoms with Crippen LogP contribution in [0.3, 0.4) is 0 Å². The van der Waals surface area contributed by atoms with E-state index in [0.29, 0.717) is 30.0 Å². The molecule has 0 saturated carbocycles. The molecule has 0 N–H and O–H groups in total. The van der Waals surface area contributed by atoms with E-state index in [1.54, 1.807) is 24.3 Å². The van der Waals surface area contributed by atoms with E-state index in [9.17, 15) is 12.8 Å². The van der Waals surface area contributed by atoms with Crippen LogP contribution in [0.5, 0.6) is 0 Å². The number of aromatic nitrogens is 2. The minimum absolute atomic E-state index is 0.133. The van der Waals surface area contributed by atoms with Crippen LogP contribution in [0, 0.1) is 12.7 Å². The monoisotopic (exact) mass is 421 g/mol. The average Bonchev–Trinajstić information content (AvgIpc) is 3.33. The van der Waals surface area contributed by atoms with Crippen LogP contribution < -0.4 is 0 Å². The Labute approximate surface area is 167 Å². The van der Waals surface area contributed by atoms with Crippen LogP contribution in [-0.2, 0) is 10.0 Å². The van der Waals surface area contributed by atoms with E-state index < -0.39 is 16.1 Å². The van der Waals surface area contributed by atoms with Crippen molar-refractivity contribution in [2.45, 2.75) is 30.7 Å². The van der Waals surface area contributed by atoms with Crippen LogP contribution in [0.2, 0.25) is 5.02 Å². The molecule has 1 aliphatic heterocycles. The van der Waals surface area contributed by atoms with Gasteiger partial charge in [-0.1, -0.05) is 22.8 Å². The van der Waals surface area contributed by atoms with Gasteiger partial charge in [-0.2, -0.15) is 9.29 Å². The number of benzene rings is 2. The van der Waals surface area contributed by atoms with Gasteiger partial charge in [-0.3, -0.25) is 0 Å². The molecule has 1 aliphatic rings. The zero-order valence-corrected chi connectivity index (χ0v) is 16.5. The molecule has 1 unspecified atom stereocenters. The van der Waals surface area contributed by atoms with Crippen molar-refractivity contribution in [2.75, 3.05) is 6.54 Å². The molecule has 6 nitrogen and oxygen atoms in total. The normalized spacial score (nSPS) is 17.9. The van der Waals surface area contributed by atoms with Crippen molar-refractivity contribution in [3.63, 3.8) is 0 Å². The van der Waals surface area contributed by atoms with Crippen LogP contribution in [0.4, 0.5) is 4.39 Å². The molecule has 1 aromatic heterocycles. The smallest absolute Gasteiger partial charge is 0.245 e. The van der Waals surface area contributed by atoms with Crippen molar-refractivity contribution < 1.29 is 17.3 Å². The maximum absolute atomic E-state index is 13.1. The van der Waals surface area contributed by atoms with Gasteiger partial charge in [0.15, 0.2) is 0 Å². The Balaban J connectivity index is 1.65. The molecule has 0 bridgehead atoms. The average molecular weight is 422 g/mol. The lowest BCUT2D eigenvalue weighted by molar-refractivity contribution is 0.290. The van der Waals surface area contributed by atoms with Gasteiger partial charge in [0.2, 0.25) is 21.7 Å². The largest absolute Gasteiger partial charge is 0.337 e. The Morgan fingerprint density at radius 3 is 2.68 bits per heavy atom. The molecule has 9 heteroatoms. The Morgan fingerprint density at radius 1 is 1.21 bits per heavy atom. The summed E-state index contributed by atoms with van der Waals surface area (Å²) in [5.74, 6) is 0.147. The highest BCUT2D eigenvalue weighted by Gasteiger charge is 2.39. The van der Waals surface area contributed by atoms with Crippen molar-refractivity contribution in [3.8, 4) is 11.4 Å². The molecular weight excluding hydrogens is 405 g/mol. The number of sulfonamides is 1. The minimum atomic E-state index is -3.76. The van der Waals surface area contributed by atoms with E-state index in [2.05, 4.69) is 10.1 Å². The first-order valence-electron chi connectivity index (χ1n) is 8.74. The highest BCUT2D eigenvalue weighted by Crippen LogP contribution is 2.37. The van der Waals surface area contributed by atoms with Crippen LogP contribution in [0.1, 0.15) is 30.3 Å². The summed E-state index contributed by atoms with van der Waals surface area (Å²) in [5, 5.41) is 4.32. The number of nitrogens with zero attached hydrogens (tertiary/aromatic N) is 3. The predicted octanol–water partition coefficient (Wildman–Crippen LogP) is 4.36. The van der Waals surface area contributed by atoms with Gasteiger partial charge in [0, 0.05) is 17.1 Å². The standard InChI is InChI=1S/C19H17ClFN3O3S/c1-12-4-9-15(11-16(12)20)28(25,26)24-10-2-3-17(24)19-22-18(23-27-19)13-5-7-14(21)8-6-13/h4-9,11,17H,2-3,10H2,1H3. The summed E-state index contributed by atoms with van der Waals surface area (Å²) in [7, 11) is -3.76. The zero-order chi connectivity index (χ0) is 19.9. The van der Waals surface area contributed by atoms with Crippen molar-refractivity contribution in [3.05, 3.63) is 64.8 Å². The maximum Gasteiger partial charge on any atom is 0.245 e. The second-order valence-corrected chi connectivity index (χ2v) is 8.95. The summed E-state index contributed by atoms with van der Waals surface area (Å²) < 4.78 is 46.1. The molecule has 28 heavy (non-hydrogen) atoms. The van der Waals surface area contributed by atoms with Gasteiger partial charge in [-0.05, 0) is 61.7 Å². The molecule has 1 atom stereocenters. The minimum Gasteiger partial charge on any atom is -0.337 e. The first-order chi connectivity index (χ1) is 13.4. The van der Waals surface area contributed by atoms with Crippen LogP contribution in [-0.4, -0.2) is 29.4 Å². The molecule has 3 aromatic rings. The third-order valence-electron chi connectivity index (χ3n) is 4.78.